The van der Waals surface area contributed by atoms with Crippen LogP contribution >= 0.6 is 0 Å². The highest BCUT2D eigenvalue weighted by Gasteiger charge is 2.44. The number of carbonyl (C=O) groups is 2. The molecular formula is C16H28N2O3. The van der Waals surface area contributed by atoms with Crippen molar-refractivity contribution >= 4 is 11.9 Å². The lowest BCUT2D eigenvalue weighted by molar-refractivity contribution is -0.150. The fourth-order valence-corrected chi connectivity index (χ4v) is 3.93. The molecule has 4 atom stereocenters. The zero-order chi connectivity index (χ0) is 15.6. The molecule has 1 saturated carbocycles. The molecule has 0 radical (unpaired) electrons. The molecular weight excluding hydrogens is 268 g/mol. The second-order valence-electron chi connectivity index (χ2n) is 6.84. The Morgan fingerprint density at radius 2 is 1.86 bits per heavy atom. The summed E-state index contributed by atoms with van der Waals surface area (Å²) in [6.45, 7) is 6.82. The summed E-state index contributed by atoms with van der Waals surface area (Å²) in [6, 6.07) is 0.218. The summed E-state index contributed by atoms with van der Waals surface area (Å²) in [5.41, 5.74) is 0. The molecule has 1 heterocycles. The van der Waals surface area contributed by atoms with Gasteiger partial charge in [0, 0.05) is 19.1 Å². The Labute approximate surface area is 127 Å². The average Bonchev–Trinajstić information content (AvgIpc) is 2.72. The molecule has 1 saturated heterocycles. The molecule has 1 aliphatic carbocycles. The number of hydrogen-bond acceptors (Lipinski definition) is 3. The topological polar surface area (TPSA) is 60.9 Å². The van der Waals surface area contributed by atoms with Crippen molar-refractivity contribution in [3.63, 3.8) is 0 Å². The van der Waals surface area contributed by atoms with Gasteiger partial charge in [-0.25, -0.2) is 0 Å². The molecule has 1 aliphatic heterocycles. The van der Waals surface area contributed by atoms with E-state index in [1.54, 1.807) is 0 Å². The first-order valence-electron chi connectivity index (χ1n) is 8.15. The fraction of sp³-hybridized carbons (Fsp3) is 0.875. The van der Waals surface area contributed by atoms with Gasteiger partial charge in [-0.05, 0) is 45.2 Å². The minimum absolute atomic E-state index is 0.0777. The molecule has 4 unspecified atom stereocenters. The smallest absolute Gasteiger partial charge is 0.307 e. The number of carbonyl (C=O) groups excluding carboxylic acids is 1. The van der Waals surface area contributed by atoms with E-state index in [1.165, 1.54) is 0 Å². The Morgan fingerprint density at radius 1 is 1.19 bits per heavy atom. The molecule has 5 nitrogen and oxygen atoms in total. The van der Waals surface area contributed by atoms with Crippen molar-refractivity contribution in [2.24, 2.45) is 17.8 Å². The molecule has 21 heavy (non-hydrogen) atoms. The summed E-state index contributed by atoms with van der Waals surface area (Å²) in [5, 5.41) is 9.39. The standard InChI is InChI=1S/C16H28N2O3/c1-4-12-10-17(3)6-5-7-18(12)15(19)13-8-11(2)9-14(13)16(20)21/h11-14H,4-10H2,1-3H3,(H,20,21). The number of hydrogen-bond donors (Lipinski definition) is 1. The Morgan fingerprint density at radius 3 is 2.48 bits per heavy atom. The van der Waals surface area contributed by atoms with Gasteiger partial charge >= 0.3 is 5.97 Å². The van der Waals surface area contributed by atoms with Crippen molar-refractivity contribution in [2.75, 3.05) is 26.7 Å². The van der Waals surface area contributed by atoms with E-state index in [2.05, 4.69) is 25.8 Å². The average molecular weight is 296 g/mol. The van der Waals surface area contributed by atoms with E-state index in [9.17, 15) is 14.7 Å². The third-order valence-corrected chi connectivity index (χ3v) is 5.09. The number of aliphatic carboxylic acids is 1. The molecule has 1 amide bonds. The van der Waals surface area contributed by atoms with Crippen molar-refractivity contribution in [3.05, 3.63) is 0 Å². The molecule has 0 bridgehead atoms. The van der Waals surface area contributed by atoms with Crippen molar-refractivity contribution in [2.45, 2.75) is 45.6 Å². The first kappa shape index (κ1) is 16.3. The van der Waals surface area contributed by atoms with Gasteiger partial charge in [-0.3, -0.25) is 9.59 Å². The molecule has 2 rings (SSSR count). The molecule has 2 aliphatic rings. The Balaban J connectivity index is 2.14. The van der Waals surface area contributed by atoms with Crippen molar-refractivity contribution in [1.29, 1.82) is 0 Å². The summed E-state index contributed by atoms with van der Waals surface area (Å²) in [7, 11) is 2.09. The highest BCUT2D eigenvalue weighted by atomic mass is 16.4. The van der Waals surface area contributed by atoms with Gasteiger partial charge in [0.05, 0.1) is 11.8 Å². The van der Waals surface area contributed by atoms with E-state index in [1.807, 2.05) is 4.90 Å². The first-order chi connectivity index (χ1) is 9.93. The number of likely N-dealkylation sites (N-methyl/N-ethyl adjacent to an activating group) is 1. The predicted molar refractivity (Wildman–Crippen MR) is 80.9 cm³/mol. The summed E-state index contributed by atoms with van der Waals surface area (Å²) < 4.78 is 0. The largest absolute Gasteiger partial charge is 0.481 e. The maximum Gasteiger partial charge on any atom is 0.307 e. The highest BCUT2D eigenvalue weighted by molar-refractivity contribution is 5.85. The Hall–Kier alpha value is -1.10. The van der Waals surface area contributed by atoms with Gasteiger partial charge < -0.3 is 14.9 Å². The van der Waals surface area contributed by atoms with Gasteiger partial charge in [0.25, 0.3) is 0 Å². The molecule has 1 N–H and O–H groups in total. The monoisotopic (exact) mass is 296 g/mol. The minimum Gasteiger partial charge on any atom is -0.481 e. The molecule has 0 spiro atoms. The van der Waals surface area contributed by atoms with Crippen LogP contribution in [0.5, 0.6) is 0 Å². The van der Waals surface area contributed by atoms with Crippen LogP contribution in [0.25, 0.3) is 0 Å². The van der Waals surface area contributed by atoms with Crippen LogP contribution in [0.2, 0.25) is 0 Å². The maximum atomic E-state index is 12.9. The number of rotatable bonds is 3. The van der Waals surface area contributed by atoms with Gasteiger partial charge in [-0.2, -0.15) is 0 Å². The summed E-state index contributed by atoms with van der Waals surface area (Å²) >= 11 is 0. The van der Waals surface area contributed by atoms with E-state index in [0.29, 0.717) is 12.3 Å². The summed E-state index contributed by atoms with van der Waals surface area (Å²) in [4.78, 5) is 28.6. The number of nitrogens with zero attached hydrogens (tertiary/aromatic N) is 2. The van der Waals surface area contributed by atoms with Crippen LogP contribution in [0, 0.1) is 17.8 Å². The number of carboxylic acids is 1. The number of amides is 1. The van der Waals surface area contributed by atoms with E-state index in [4.69, 9.17) is 0 Å². The lowest BCUT2D eigenvalue weighted by Crippen LogP contribution is -2.47. The van der Waals surface area contributed by atoms with Gasteiger partial charge in [0.15, 0.2) is 0 Å². The van der Waals surface area contributed by atoms with E-state index < -0.39 is 11.9 Å². The summed E-state index contributed by atoms with van der Waals surface area (Å²) in [5.74, 6) is -1.22. The quantitative estimate of drug-likeness (QED) is 0.860. The molecule has 120 valence electrons. The van der Waals surface area contributed by atoms with Crippen LogP contribution in [0.1, 0.15) is 39.5 Å². The SMILES string of the molecule is CCC1CN(C)CCCN1C(=O)C1CC(C)CC1C(=O)O. The van der Waals surface area contributed by atoms with Gasteiger partial charge in [0.1, 0.15) is 0 Å². The highest BCUT2D eigenvalue weighted by Crippen LogP contribution is 2.38. The first-order valence-corrected chi connectivity index (χ1v) is 8.15. The molecule has 5 heteroatoms. The predicted octanol–water partition coefficient (Wildman–Crippen LogP) is 1.68. The molecule has 0 aromatic carbocycles. The second-order valence-corrected chi connectivity index (χ2v) is 6.84. The zero-order valence-corrected chi connectivity index (χ0v) is 13.4. The second kappa shape index (κ2) is 6.77. The van der Waals surface area contributed by atoms with E-state index in [-0.39, 0.29) is 17.9 Å². The third kappa shape index (κ3) is 3.57. The molecule has 0 aromatic rings. The van der Waals surface area contributed by atoms with Crippen LogP contribution < -0.4 is 0 Å². The Bertz CT molecular complexity index is 399. The van der Waals surface area contributed by atoms with Crippen LogP contribution in [0.15, 0.2) is 0 Å². The molecule has 0 aromatic heterocycles. The normalized spacial score (nSPS) is 34.7. The fourth-order valence-electron chi connectivity index (χ4n) is 3.93. The zero-order valence-electron chi connectivity index (χ0n) is 13.4. The van der Waals surface area contributed by atoms with Gasteiger partial charge in [-0.1, -0.05) is 13.8 Å². The lowest BCUT2D eigenvalue weighted by Gasteiger charge is -2.33. The van der Waals surface area contributed by atoms with Crippen LogP contribution in [0.3, 0.4) is 0 Å². The lowest BCUT2D eigenvalue weighted by atomic mass is 9.94. The van der Waals surface area contributed by atoms with Crippen LogP contribution in [-0.2, 0) is 9.59 Å². The van der Waals surface area contributed by atoms with Crippen LogP contribution in [0.4, 0.5) is 0 Å². The van der Waals surface area contributed by atoms with Crippen molar-refractivity contribution in [3.8, 4) is 0 Å². The van der Waals surface area contributed by atoms with Gasteiger partial charge in [0.2, 0.25) is 5.91 Å². The van der Waals surface area contributed by atoms with Crippen molar-refractivity contribution in [1.82, 2.24) is 9.80 Å². The Kier molecular flexibility index (Phi) is 5.25. The number of carboxylic acid groups (broad SMARTS) is 1. The van der Waals surface area contributed by atoms with E-state index in [0.717, 1.165) is 38.9 Å². The molecule has 2 fully saturated rings. The third-order valence-electron chi connectivity index (χ3n) is 5.09. The van der Waals surface area contributed by atoms with Crippen molar-refractivity contribution < 1.29 is 14.7 Å². The van der Waals surface area contributed by atoms with Crippen LogP contribution in [-0.4, -0.2) is 59.5 Å². The van der Waals surface area contributed by atoms with Gasteiger partial charge in [-0.15, -0.1) is 0 Å². The summed E-state index contributed by atoms with van der Waals surface area (Å²) in [6.07, 6.45) is 3.25. The van der Waals surface area contributed by atoms with E-state index >= 15 is 0 Å². The minimum atomic E-state index is -0.808. The maximum absolute atomic E-state index is 12.9.